The monoisotopic (exact) mass is 259 g/mol. The van der Waals surface area contributed by atoms with Crippen LogP contribution in [-0.2, 0) is 11.8 Å². The average molecular weight is 260 g/mol. The van der Waals surface area contributed by atoms with Gasteiger partial charge in [-0.05, 0) is 16.3 Å². The molecule has 1 amide bonds. The molecule has 2 rings (SSSR count). The lowest BCUT2D eigenvalue weighted by Gasteiger charge is -2.12. The number of carbonyl (C=O) groups excluding carboxylic acids is 1. The number of rotatable bonds is 2. The number of hydrogen-bond acceptors (Lipinski definition) is 4. The lowest BCUT2D eigenvalue weighted by atomic mass is 10.2. The second-order valence-corrected chi connectivity index (χ2v) is 3.98. The van der Waals surface area contributed by atoms with Gasteiger partial charge in [0.05, 0.1) is 0 Å². The summed E-state index contributed by atoms with van der Waals surface area (Å²) in [6.07, 6.45) is 0.568. The summed E-state index contributed by atoms with van der Waals surface area (Å²) in [6.45, 7) is 0.693. The molecule has 7 heteroatoms. The third-order valence-corrected chi connectivity index (χ3v) is 3.18. The lowest BCUT2D eigenvalue weighted by Crippen LogP contribution is -2.27. The quantitative estimate of drug-likeness (QED) is 0.700. The normalized spacial score (nSPS) is 22.0. The van der Waals surface area contributed by atoms with Gasteiger partial charge in [0.1, 0.15) is 0 Å². The van der Waals surface area contributed by atoms with Gasteiger partial charge in [-0.15, -0.1) is 0 Å². The van der Waals surface area contributed by atoms with Crippen LogP contribution in [0.3, 0.4) is 0 Å². The van der Waals surface area contributed by atoms with Gasteiger partial charge in [0.15, 0.2) is 0 Å². The largest absolute Gasteiger partial charge is 0.279 e. The summed E-state index contributed by atoms with van der Waals surface area (Å²) in [5.74, 6) is 0.977. The molecule has 6 nitrogen and oxygen atoms in total. The van der Waals surface area contributed by atoms with E-state index >= 15 is 0 Å². The number of aryl methyl sites for hydroxylation is 1. The maximum absolute atomic E-state index is 11.6. The molecule has 0 bridgehead atoms. The first-order valence-electron chi connectivity index (χ1n) is 4.31. The molecule has 2 heterocycles. The highest BCUT2D eigenvalue weighted by Gasteiger charge is 2.32. The highest BCUT2D eigenvalue weighted by Crippen LogP contribution is 2.23. The van der Waals surface area contributed by atoms with E-state index in [0.717, 1.165) is 5.33 Å². The molecule has 76 valence electrons. The fourth-order valence-corrected chi connectivity index (χ4v) is 1.97. The van der Waals surface area contributed by atoms with E-state index in [1.165, 1.54) is 4.68 Å². The number of halogens is 1. The van der Waals surface area contributed by atoms with Gasteiger partial charge in [0, 0.05) is 25.3 Å². The Morgan fingerprint density at radius 1 is 1.64 bits per heavy atom. The second-order valence-electron chi connectivity index (χ2n) is 3.33. The van der Waals surface area contributed by atoms with Gasteiger partial charge in [-0.2, -0.15) is 0 Å². The van der Waals surface area contributed by atoms with E-state index in [-0.39, 0.29) is 5.91 Å². The molecular weight excluding hydrogens is 250 g/mol. The maximum atomic E-state index is 11.6. The van der Waals surface area contributed by atoms with Crippen molar-refractivity contribution < 1.29 is 4.79 Å². The van der Waals surface area contributed by atoms with Crippen LogP contribution in [-0.4, -0.2) is 38.0 Å². The molecule has 1 atom stereocenters. The van der Waals surface area contributed by atoms with Gasteiger partial charge in [-0.25, -0.2) is 4.68 Å². The van der Waals surface area contributed by atoms with Crippen molar-refractivity contribution in [2.24, 2.45) is 13.0 Å². The van der Waals surface area contributed by atoms with Crippen LogP contribution in [0.4, 0.5) is 5.95 Å². The minimum atomic E-state index is 0.0901. The minimum absolute atomic E-state index is 0.0901. The summed E-state index contributed by atoms with van der Waals surface area (Å²) in [5, 5.41) is 11.8. The zero-order chi connectivity index (χ0) is 10.1. The van der Waals surface area contributed by atoms with Gasteiger partial charge in [-0.1, -0.05) is 21.0 Å². The highest BCUT2D eigenvalue weighted by molar-refractivity contribution is 9.09. The Kier molecular flexibility index (Phi) is 2.49. The first-order valence-corrected chi connectivity index (χ1v) is 5.43. The molecule has 14 heavy (non-hydrogen) atoms. The molecule has 0 radical (unpaired) electrons. The number of anilines is 1. The summed E-state index contributed by atoms with van der Waals surface area (Å²) in [6, 6.07) is 0. The Hall–Kier alpha value is -0.980. The van der Waals surface area contributed by atoms with E-state index in [2.05, 4.69) is 31.5 Å². The highest BCUT2D eigenvalue weighted by atomic mass is 79.9. The number of hydrogen-bond donors (Lipinski definition) is 0. The molecule has 0 aliphatic carbocycles. The summed E-state index contributed by atoms with van der Waals surface area (Å²) in [5.41, 5.74) is 0. The van der Waals surface area contributed by atoms with E-state index in [9.17, 15) is 4.79 Å². The van der Waals surface area contributed by atoms with Gasteiger partial charge < -0.3 is 0 Å². The zero-order valence-corrected chi connectivity index (χ0v) is 9.31. The molecule has 1 aliphatic heterocycles. The first kappa shape index (κ1) is 9.57. The van der Waals surface area contributed by atoms with Crippen LogP contribution in [0.25, 0.3) is 0 Å². The van der Waals surface area contributed by atoms with Gasteiger partial charge in [-0.3, -0.25) is 9.69 Å². The molecule has 1 unspecified atom stereocenters. The third kappa shape index (κ3) is 1.52. The van der Waals surface area contributed by atoms with Gasteiger partial charge >= 0.3 is 0 Å². The van der Waals surface area contributed by atoms with Crippen LogP contribution in [0.5, 0.6) is 0 Å². The Bertz CT molecular complexity index is 352. The zero-order valence-electron chi connectivity index (χ0n) is 7.72. The van der Waals surface area contributed by atoms with Crippen molar-refractivity contribution in [2.75, 3.05) is 16.8 Å². The van der Waals surface area contributed by atoms with Crippen molar-refractivity contribution in [3.63, 3.8) is 0 Å². The van der Waals surface area contributed by atoms with Crippen molar-refractivity contribution in [2.45, 2.75) is 6.42 Å². The average Bonchev–Trinajstić information content (AvgIpc) is 2.72. The van der Waals surface area contributed by atoms with Crippen LogP contribution < -0.4 is 4.90 Å². The number of carbonyl (C=O) groups is 1. The molecule has 1 fully saturated rings. The summed E-state index contributed by atoms with van der Waals surface area (Å²) < 4.78 is 1.51. The van der Waals surface area contributed by atoms with Gasteiger partial charge in [0.2, 0.25) is 5.91 Å². The van der Waals surface area contributed by atoms with Gasteiger partial charge in [0.25, 0.3) is 5.95 Å². The fraction of sp³-hybridized carbons (Fsp3) is 0.714. The molecule has 0 saturated carbocycles. The van der Waals surface area contributed by atoms with E-state index < -0.39 is 0 Å². The topological polar surface area (TPSA) is 63.9 Å². The predicted octanol–water partition coefficient (Wildman–Crippen LogP) is -0.0421. The number of alkyl halides is 1. The van der Waals surface area contributed by atoms with Crippen LogP contribution in [0.15, 0.2) is 0 Å². The van der Waals surface area contributed by atoms with E-state index in [1.807, 2.05) is 0 Å². The van der Waals surface area contributed by atoms with E-state index in [4.69, 9.17) is 0 Å². The lowest BCUT2D eigenvalue weighted by molar-refractivity contribution is -0.117. The Balaban J connectivity index is 2.20. The number of nitrogens with zero attached hydrogens (tertiary/aromatic N) is 5. The number of tetrazole rings is 1. The summed E-state index contributed by atoms with van der Waals surface area (Å²) >= 11 is 3.38. The summed E-state index contributed by atoms with van der Waals surface area (Å²) in [4.78, 5) is 13.2. The Morgan fingerprint density at radius 3 is 2.93 bits per heavy atom. The smallest absolute Gasteiger partial charge is 0.251 e. The van der Waals surface area contributed by atoms with Crippen molar-refractivity contribution in [3.05, 3.63) is 0 Å². The molecule has 1 aromatic heterocycles. The maximum Gasteiger partial charge on any atom is 0.251 e. The molecule has 0 spiro atoms. The number of amides is 1. The SMILES string of the molecule is Cn1nnnc1N1CC(CBr)CC1=O. The minimum Gasteiger partial charge on any atom is -0.279 e. The van der Waals surface area contributed by atoms with E-state index in [0.29, 0.717) is 24.8 Å². The Morgan fingerprint density at radius 2 is 2.43 bits per heavy atom. The van der Waals surface area contributed by atoms with Crippen LogP contribution in [0, 0.1) is 5.92 Å². The van der Waals surface area contributed by atoms with Crippen molar-refractivity contribution in [3.8, 4) is 0 Å². The standard InChI is InChI=1S/C7H10BrN5O/c1-12-7(9-10-11-12)13-4-5(3-8)2-6(13)14/h5H,2-4H2,1H3. The molecule has 1 aromatic rings. The molecule has 0 N–H and O–H groups in total. The van der Waals surface area contributed by atoms with Crippen molar-refractivity contribution in [1.82, 2.24) is 20.2 Å². The molecule has 1 saturated heterocycles. The molecular formula is C7H10BrN5O. The fourth-order valence-electron chi connectivity index (χ4n) is 1.53. The van der Waals surface area contributed by atoms with Crippen molar-refractivity contribution in [1.29, 1.82) is 0 Å². The second kappa shape index (κ2) is 3.64. The molecule has 0 aromatic carbocycles. The van der Waals surface area contributed by atoms with Crippen LogP contribution in [0.1, 0.15) is 6.42 Å². The third-order valence-electron chi connectivity index (χ3n) is 2.26. The molecule has 1 aliphatic rings. The van der Waals surface area contributed by atoms with E-state index in [1.54, 1.807) is 11.9 Å². The Labute approximate surface area is 89.4 Å². The van der Waals surface area contributed by atoms with Crippen LogP contribution in [0.2, 0.25) is 0 Å². The number of aromatic nitrogens is 4. The van der Waals surface area contributed by atoms with Crippen LogP contribution >= 0.6 is 15.9 Å². The predicted molar refractivity (Wildman–Crippen MR) is 53.1 cm³/mol. The summed E-state index contributed by atoms with van der Waals surface area (Å²) in [7, 11) is 1.73. The van der Waals surface area contributed by atoms with Crippen molar-refractivity contribution >= 4 is 27.8 Å². The first-order chi connectivity index (χ1) is 6.72.